The van der Waals surface area contributed by atoms with E-state index in [4.69, 9.17) is 4.98 Å². The molecule has 29 heavy (non-hydrogen) atoms. The zero-order valence-electron chi connectivity index (χ0n) is 16.3. The van der Waals surface area contributed by atoms with Crippen molar-refractivity contribution in [2.75, 3.05) is 10.7 Å². The quantitative estimate of drug-likeness (QED) is 0.381. The summed E-state index contributed by atoms with van der Waals surface area (Å²) in [5.41, 5.74) is 4.06. The first-order valence-corrected chi connectivity index (χ1v) is 10.6. The second-order valence-corrected chi connectivity index (χ2v) is 7.86. The maximum atomic E-state index is 13.2. The van der Waals surface area contributed by atoms with E-state index in [-0.39, 0.29) is 5.91 Å². The summed E-state index contributed by atoms with van der Waals surface area (Å²) in [7, 11) is 0. The van der Waals surface area contributed by atoms with Crippen LogP contribution in [-0.4, -0.2) is 16.6 Å². The van der Waals surface area contributed by atoms with Gasteiger partial charge in [0.25, 0.3) is 0 Å². The predicted octanol–water partition coefficient (Wildman–Crippen LogP) is 5.87. The fourth-order valence-corrected chi connectivity index (χ4v) is 4.12. The first-order valence-electron chi connectivity index (χ1n) is 9.59. The maximum Gasteiger partial charge on any atom is 0.237 e. The number of nitrogens with zero attached hydrogens (tertiary/aromatic N) is 2. The first-order chi connectivity index (χ1) is 14.2. The number of anilines is 1. The Labute approximate surface area is 175 Å². The number of benzene rings is 3. The third-order valence-corrected chi connectivity index (χ3v) is 5.83. The van der Waals surface area contributed by atoms with Gasteiger partial charge in [-0.2, -0.15) is 0 Å². The van der Waals surface area contributed by atoms with E-state index in [0.29, 0.717) is 12.3 Å². The lowest BCUT2D eigenvalue weighted by Crippen LogP contribution is -2.31. The van der Waals surface area contributed by atoms with Gasteiger partial charge in [-0.1, -0.05) is 78.5 Å². The van der Waals surface area contributed by atoms with Gasteiger partial charge in [-0.25, -0.2) is 4.98 Å². The van der Waals surface area contributed by atoms with Gasteiger partial charge in [0.2, 0.25) is 5.91 Å². The van der Waals surface area contributed by atoms with Gasteiger partial charge in [0, 0.05) is 11.1 Å². The number of aromatic nitrogens is 1. The predicted molar refractivity (Wildman–Crippen MR) is 121 cm³/mol. The van der Waals surface area contributed by atoms with E-state index >= 15 is 0 Å². The van der Waals surface area contributed by atoms with E-state index in [0.717, 1.165) is 32.7 Å². The Morgan fingerprint density at radius 3 is 2.31 bits per heavy atom. The number of pyridine rings is 1. The maximum absolute atomic E-state index is 13.2. The van der Waals surface area contributed by atoms with Gasteiger partial charge in [-0.05, 0) is 42.3 Å². The number of amides is 1. The normalized spacial score (nSPS) is 10.8. The van der Waals surface area contributed by atoms with E-state index in [9.17, 15) is 4.79 Å². The number of rotatable bonds is 6. The highest BCUT2D eigenvalue weighted by Gasteiger charge is 2.17. The summed E-state index contributed by atoms with van der Waals surface area (Å²) >= 11 is 1.50. The van der Waals surface area contributed by atoms with Crippen LogP contribution in [-0.2, 0) is 11.3 Å². The minimum Gasteiger partial charge on any atom is -0.307 e. The molecule has 0 saturated heterocycles. The van der Waals surface area contributed by atoms with E-state index in [1.165, 1.54) is 11.8 Å². The third kappa shape index (κ3) is 4.66. The molecule has 4 rings (SSSR count). The smallest absolute Gasteiger partial charge is 0.237 e. The molecule has 0 N–H and O–H groups in total. The summed E-state index contributed by atoms with van der Waals surface area (Å²) in [5.74, 6) is 0.410. The van der Waals surface area contributed by atoms with Crippen LogP contribution in [0.5, 0.6) is 0 Å². The third-order valence-electron chi connectivity index (χ3n) is 4.75. The summed E-state index contributed by atoms with van der Waals surface area (Å²) in [6.07, 6.45) is 0. The fraction of sp³-hybridized carbons (Fsp3) is 0.120. The Morgan fingerprint density at radius 2 is 1.55 bits per heavy atom. The lowest BCUT2D eigenvalue weighted by molar-refractivity contribution is -0.116. The number of aryl methyl sites for hydroxylation is 1. The van der Waals surface area contributed by atoms with E-state index < -0.39 is 0 Å². The second-order valence-electron chi connectivity index (χ2n) is 6.89. The van der Waals surface area contributed by atoms with Crippen molar-refractivity contribution in [2.45, 2.75) is 18.5 Å². The van der Waals surface area contributed by atoms with Crippen LogP contribution >= 0.6 is 11.8 Å². The Hall–Kier alpha value is -3.11. The Bertz CT molecular complexity index is 1110. The summed E-state index contributed by atoms with van der Waals surface area (Å²) in [6, 6.07) is 30.1. The van der Waals surface area contributed by atoms with Crippen molar-refractivity contribution in [1.29, 1.82) is 0 Å². The van der Waals surface area contributed by atoms with Gasteiger partial charge < -0.3 is 4.90 Å². The molecule has 4 aromatic rings. The second kappa shape index (κ2) is 8.93. The van der Waals surface area contributed by atoms with Crippen molar-refractivity contribution in [1.82, 2.24) is 4.98 Å². The van der Waals surface area contributed by atoms with Gasteiger partial charge in [-0.3, -0.25) is 4.79 Å². The number of hydrogen-bond acceptors (Lipinski definition) is 3. The molecule has 0 aliphatic rings. The zero-order chi connectivity index (χ0) is 20.1. The molecule has 1 heterocycles. The minimum absolute atomic E-state index is 0.0689. The molecular weight excluding hydrogens is 376 g/mol. The molecule has 1 amide bonds. The van der Waals surface area contributed by atoms with E-state index in [1.807, 2.05) is 90.7 Å². The summed E-state index contributed by atoms with van der Waals surface area (Å²) in [5, 5.41) is 2.03. The standard InChI is InChI=1S/C25H22N2OS/c1-19-16-21-12-8-9-15-23(21)26-25(19)29-18-24(28)27(22-13-6-3-7-14-22)17-20-10-4-2-5-11-20/h2-16H,17-18H2,1H3. The van der Waals surface area contributed by atoms with Crippen LogP contribution in [0, 0.1) is 6.92 Å². The molecule has 0 aliphatic heterocycles. The van der Waals surface area contributed by atoms with Crippen LogP contribution in [0.1, 0.15) is 11.1 Å². The highest BCUT2D eigenvalue weighted by atomic mass is 32.2. The van der Waals surface area contributed by atoms with Crippen LogP contribution in [0.3, 0.4) is 0 Å². The molecule has 0 bridgehead atoms. The molecule has 0 radical (unpaired) electrons. The molecule has 3 aromatic carbocycles. The van der Waals surface area contributed by atoms with Crippen LogP contribution in [0.15, 0.2) is 96.0 Å². The number of fused-ring (bicyclic) bond motifs is 1. The highest BCUT2D eigenvalue weighted by Crippen LogP contribution is 2.26. The Kier molecular flexibility index (Phi) is 5.92. The van der Waals surface area contributed by atoms with Gasteiger partial charge in [0.15, 0.2) is 0 Å². The molecular formula is C25H22N2OS. The van der Waals surface area contributed by atoms with Crippen molar-refractivity contribution in [3.63, 3.8) is 0 Å². The lowest BCUT2D eigenvalue weighted by Gasteiger charge is -2.23. The topological polar surface area (TPSA) is 33.2 Å². The Morgan fingerprint density at radius 1 is 0.897 bits per heavy atom. The number of carbonyl (C=O) groups is 1. The van der Waals surface area contributed by atoms with Crippen LogP contribution in [0.4, 0.5) is 5.69 Å². The van der Waals surface area contributed by atoms with Crippen molar-refractivity contribution in [3.8, 4) is 0 Å². The molecule has 4 heteroatoms. The minimum atomic E-state index is 0.0689. The lowest BCUT2D eigenvalue weighted by atomic mass is 10.2. The van der Waals surface area contributed by atoms with Gasteiger partial charge in [0.1, 0.15) is 5.03 Å². The van der Waals surface area contributed by atoms with Gasteiger partial charge in [0.05, 0.1) is 17.8 Å². The largest absolute Gasteiger partial charge is 0.307 e. The molecule has 0 spiro atoms. The number of thioether (sulfide) groups is 1. The summed E-state index contributed by atoms with van der Waals surface area (Å²) in [4.78, 5) is 19.8. The molecule has 0 saturated carbocycles. The highest BCUT2D eigenvalue weighted by molar-refractivity contribution is 8.00. The number of hydrogen-bond donors (Lipinski definition) is 0. The van der Waals surface area contributed by atoms with E-state index in [2.05, 4.69) is 12.1 Å². The Balaban J connectivity index is 1.54. The SMILES string of the molecule is Cc1cc2ccccc2nc1SCC(=O)N(Cc1ccccc1)c1ccccc1. The number of para-hydroxylation sites is 2. The van der Waals surface area contributed by atoms with E-state index in [1.54, 1.807) is 0 Å². The molecule has 1 aromatic heterocycles. The zero-order valence-corrected chi connectivity index (χ0v) is 17.1. The number of carbonyl (C=O) groups excluding carboxylic acids is 1. The summed E-state index contributed by atoms with van der Waals surface area (Å²) < 4.78 is 0. The average molecular weight is 399 g/mol. The monoisotopic (exact) mass is 398 g/mol. The summed E-state index contributed by atoms with van der Waals surface area (Å²) in [6.45, 7) is 2.60. The van der Waals surface area contributed by atoms with Crippen molar-refractivity contribution < 1.29 is 4.79 Å². The molecule has 3 nitrogen and oxygen atoms in total. The van der Waals surface area contributed by atoms with Gasteiger partial charge >= 0.3 is 0 Å². The molecule has 0 atom stereocenters. The molecule has 0 unspecified atom stereocenters. The van der Waals surface area contributed by atoms with Crippen LogP contribution in [0.2, 0.25) is 0 Å². The van der Waals surface area contributed by atoms with Crippen molar-refractivity contribution >= 4 is 34.3 Å². The van der Waals surface area contributed by atoms with Crippen molar-refractivity contribution in [2.24, 2.45) is 0 Å². The first kappa shape index (κ1) is 19.2. The molecule has 0 aliphatic carbocycles. The van der Waals surface area contributed by atoms with Crippen LogP contribution in [0.25, 0.3) is 10.9 Å². The molecule has 0 fully saturated rings. The molecule has 144 valence electrons. The van der Waals surface area contributed by atoms with Crippen LogP contribution < -0.4 is 4.90 Å². The fourth-order valence-electron chi connectivity index (χ4n) is 3.26. The van der Waals surface area contributed by atoms with Gasteiger partial charge in [-0.15, -0.1) is 0 Å². The van der Waals surface area contributed by atoms with Crippen molar-refractivity contribution in [3.05, 3.63) is 102 Å². The average Bonchev–Trinajstić information content (AvgIpc) is 2.77.